The van der Waals surface area contributed by atoms with Gasteiger partial charge in [0.2, 0.25) is 5.91 Å². The van der Waals surface area contributed by atoms with Gasteiger partial charge in [0.1, 0.15) is 11.8 Å². The lowest BCUT2D eigenvalue weighted by Crippen LogP contribution is -2.43. The molecule has 3 aromatic carbocycles. The van der Waals surface area contributed by atoms with E-state index >= 15 is 0 Å². The Morgan fingerprint density at radius 1 is 0.943 bits per heavy atom. The lowest BCUT2D eigenvalue weighted by Gasteiger charge is -2.19. The molecular formula is C28H32N2O4S. The van der Waals surface area contributed by atoms with Gasteiger partial charge in [0.25, 0.3) is 0 Å². The number of ether oxygens (including phenoxy) is 1. The zero-order valence-corrected chi connectivity index (χ0v) is 20.7. The van der Waals surface area contributed by atoms with Crippen LogP contribution in [0.5, 0.6) is 5.75 Å². The Labute approximate surface area is 211 Å². The Balaban J connectivity index is 1.56. The molecule has 1 amide bonds. The first-order chi connectivity index (χ1) is 17.0. The Morgan fingerprint density at radius 3 is 2.34 bits per heavy atom. The van der Waals surface area contributed by atoms with Crippen LogP contribution in [0.15, 0.2) is 83.8 Å². The number of carboxylic acids is 1. The van der Waals surface area contributed by atoms with Crippen LogP contribution >= 0.6 is 11.9 Å². The summed E-state index contributed by atoms with van der Waals surface area (Å²) in [4.78, 5) is 24.9. The van der Waals surface area contributed by atoms with Crippen molar-refractivity contribution in [2.75, 3.05) is 13.2 Å². The van der Waals surface area contributed by atoms with Crippen molar-refractivity contribution in [3.63, 3.8) is 0 Å². The highest BCUT2D eigenvalue weighted by molar-refractivity contribution is 7.97. The fraction of sp³-hybridized carbons (Fsp3) is 0.286. The molecule has 0 aliphatic rings. The second-order valence-electron chi connectivity index (χ2n) is 8.31. The van der Waals surface area contributed by atoms with Crippen molar-refractivity contribution in [2.45, 2.75) is 43.5 Å². The number of hydrogen-bond acceptors (Lipinski definition) is 5. The zero-order valence-electron chi connectivity index (χ0n) is 19.9. The second-order valence-corrected chi connectivity index (χ2v) is 9.22. The van der Waals surface area contributed by atoms with Crippen LogP contribution in [0.2, 0.25) is 0 Å². The predicted molar refractivity (Wildman–Crippen MR) is 140 cm³/mol. The van der Waals surface area contributed by atoms with E-state index in [1.165, 1.54) is 17.5 Å². The van der Waals surface area contributed by atoms with Crippen molar-refractivity contribution in [3.8, 4) is 5.75 Å². The SMILES string of the molecule is Cc1cc(C[C@H](NSc2ccccc2)C(=O)NCCCCc2ccccc2)ccc1OCC(=O)O. The Kier molecular flexibility index (Phi) is 10.7. The number of carbonyl (C=O) groups is 2. The summed E-state index contributed by atoms with van der Waals surface area (Å²) in [5, 5.41) is 11.9. The first kappa shape index (κ1) is 26.3. The lowest BCUT2D eigenvalue weighted by molar-refractivity contribution is -0.139. The van der Waals surface area contributed by atoms with Crippen LogP contribution in [0.25, 0.3) is 0 Å². The van der Waals surface area contributed by atoms with E-state index in [-0.39, 0.29) is 12.5 Å². The van der Waals surface area contributed by atoms with Gasteiger partial charge in [-0.25, -0.2) is 9.52 Å². The third-order valence-corrected chi connectivity index (χ3v) is 6.35. The molecule has 184 valence electrons. The third kappa shape index (κ3) is 9.47. The standard InChI is InChI=1S/C28H32N2O4S/c1-21-18-23(15-16-26(21)34-20-27(31)32)19-25(30-35-24-13-6-3-7-14-24)28(33)29-17-9-8-12-22-10-4-2-5-11-22/h2-7,10-11,13-16,18,25,30H,8-9,12,17,19-20H2,1H3,(H,29,33)(H,31,32)/t25-/m0/s1. The molecule has 7 heteroatoms. The van der Waals surface area contributed by atoms with Crippen LogP contribution in [-0.4, -0.2) is 36.2 Å². The first-order valence-corrected chi connectivity index (χ1v) is 12.6. The number of nitrogens with one attached hydrogen (secondary N) is 2. The number of unbranched alkanes of at least 4 members (excludes halogenated alkanes) is 1. The molecule has 6 nitrogen and oxygen atoms in total. The highest BCUT2D eigenvalue weighted by atomic mass is 32.2. The van der Waals surface area contributed by atoms with E-state index in [2.05, 4.69) is 22.2 Å². The van der Waals surface area contributed by atoms with Crippen molar-refractivity contribution in [1.82, 2.24) is 10.0 Å². The van der Waals surface area contributed by atoms with E-state index in [0.29, 0.717) is 18.7 Å². The summed E-state index contributed by atoms with van der Waals surface area (Å²) in [6, 6.07) is 25.4. The number of amides is 1. The molecule has 0 aliphatic carbocycles. The number of carboxylic acid groups (broad SMARTS) is 1. The molecular weight excluding hydrogens is 460 g/mol. The minimum absolute atomic E-state index is 0.0444. The molecule has 0 fully saturated rings. The van der Waals surface area contributed by atoms with Crippen molar-refractivity contribution in [1.29, 1.82) is 0 Å². The Hall–Kier alpha value is -3.29. The highest BCUT2D eigenvalue weighted by Crippen LogP contribution is 2.21. The number of aliphatic carboxylic acids is 1. The average molecular weight is 493 g/mol. The van der Waals surface area contributed by atoms with Gasteiger partial charge in [-0.2, -0.15) is 0 Å². The van der Waals surface area contributed by atoms with Crippen LogP contribution in [0.4, 0.5) is 0 Å². The normalized spacial score (nSPS) is 11.6. The number of benzene rings is 3. The molecule has 0 spiro atoms. The van der Waals surface area contributed by atoms with Crippen LogP contribution in [0, 0.1) is 6.92 Å². The van der Waals surface area contributed by atoms with Crippen molar-refractivity contribution < 1.29 is 19.4 Å². The topological polar surface area (TPSA) is 87.7 Å². The van der Waals surface area contributed by atoms with Crippen LogP contribution in [0.3, 0.4) is 0 Å². The van der Waals surface area contributed by atoms with Crippen molar-refractivity contribution >= 4 is 23.8 Å². The summed E-state index contributed by atoms with van der Waals surface area (Å²) < 4.78 is 8.64. The number of rotatable bonds is 14. The van der Waals surface area contributed by atoms with Gasteiger partial charge in [-0.05, 0) is 79.4 Å². The van der Waals surface area contributed by atoms with E-state index in [9.17, 15) is 9.59 Å². The molecule has 0 saturated heterocycles. The van der Waals surface area contributed by atoms with Gasteiger partial charge in [0, 0.05) is 11.4 Å². The van der Waals surface area contributed by atoms with E-state index in [1.807, 2.05) is 67.6 Å². The lowest BCUT2D eigenvalue weighted by atomic mass is 10.0. The molecule has 0 aromatic heterocycles. The number of hydrogen-bond donors (Lipinski definition) is 3. The molecule has 0 aliphatic heterocycles. The maximum Gasteiger partial charge on any atom is 0.341 e. The van der Waals surface area contributed by atoms with Crippen molar-refractivity contribution in [2.24, 2.45) is 0 Å². The fourth-order valence-electron chi connectivity index (χ4n) is 3.62. The molecule has 3 aromatic rings. The molecule has 0 saturated carbocycles. The highest BCUT2D eigenvalue weighted by Gasteiger charge is 2.19. The van der Waals surface area contributed by atoms with E-state index < -0.39 is 12.0 Å². The molecule has 35 heavy (non-hydrogen) atoms. The van der Waals surface area contributed by atoms with Gasteiger partial charge >= 0.3 is 5.97 Å². The molecule has 0 heterocycles. The van der Waals surface area contributed by atoms with Crippen molar-refractivity contribution in [3.05, 3.63) is 95.6 Å². The van der Waals surface area contributed by atoms with Gasteiger partial charge in [-0.15, -0.1) is 0 Å². The maximum atomic E-state index is 13.1. The van der Waals surface area contributed by atoms with Gasteiger partial charge in [0.15, 0.2) is 6.61 Å². The van der Waals surface area contributed by atoms with E-state index in [1.54, 1.807) is 6.07 Å². The minimum Gasteiger partial charge on any atom is -0.482 e. The Bertz CT molecular complexity index is 1080. The molecule has 1 atom stereocenters. The zero-order chi connectivity index (χ0) is 24.9. The molecule has 0 radical (unpaired) electrons. The molecule has 0 unspecified atom stereocenters. The molecule has 3 rings (SSSR count). The number of carbonyl (C=O) groups excluding carboxylic acids is 1. The van der Waals surface area contributed by atoms with Crippen LogP contribution < -0.4 is 14.8 Å². The summed E-state index contributed by atoms with van der Waals surface area (Å²) in [6.45, 7) is 2.11. The van der Waals surface area contributed by atoms with E-state index in [4.69, 9.17) is 9.84 Å². The molecule has 3 N–H and O–H groups in total. The Morgan fingerprint density at radius 2 is 1.66 bits per heavy atom. The van der Waals surface area contributed by atoms with Gasteiger partial charge in [0.05, 0.1) is 0 Å². The maximum absolute atomic E-state index is 13.1. The average Bonchev–Trinajstić information content (AvgIpc) is 2.87. The summed E-state index contributed by atoms with van der Waals surface area (Å²) in [5.74, 6) is -0.532. The first-order valence-electron chi connectivity index (χ1n) is 11.7. The quantitative estimate of drug-likeness (QED) is 0.221. The minimum atomic E-state index is -1.02. The van der Waals surface area contributed by atoms with Gasteiger partial charge in [-0.1, -0.05) is 60.7 Å². The van der Waals surface area contributed by atoms with Gasteiger partial charge in [-0.3, -0.25) is 4.79 Å². The molecule has 0 bridgehead atoms. The largest absolute Gasteiger partial charge is 0.482 e. The van der Waals surface area contributed by atoms with Gasteiger partial charge < -0.3 is 15.2 Å². The third-order valence-electron chi connectivity index (χ3n) is 5.44. The summed E-state index contributed by atoms with van der Waals surface area (Å²) in [7, 11) is 0. The summed E-state index contributed by atoms with van der Waals surface area (Å²) in [6.07, 6.45) is 3.42. The monoisotopic (exact) mass is 492 g/mol. The van der Waals surface area contributed by atoms with E-state index in [0.717, 1.165) is 35.3 Å². The summed E-state index contributed by atoms with van der Waals surface area (Å²) >= 11 is 1.43. The fourth-order valence-corrected chi connectivity index (χ4v) is 4.39. The summed E-state index contributed by atoms with van der Waals surface area (Å²) in [5.41, 5.74) is 3.11. The van der Waals surface area contributed by atoms with Crippen LogP contribution in [-0.2, 0) is 22.4 Å². The number of aryl methyl sites for hydroxylation is 2. The van der Waals surface area contributed by atoms with Crippen LogP contribution in [0.1, 0.15) is 29.5 Å². The second kappa shape index (κ2) is 14.2. The smallest absolute Gasteiger partial charge is 0.341 e. The predicted octanol–water partition coefficient (Wildman–Crippen LogP) is 4.81.